The van der Waals surface area contributed by atoms with Gasteiger partial charge >= 0.3 is 5.97 Å². The van der Waals surface area contributed by atoms with Crippen molar-refractivity contribution in [2.75, 3.05) is 26.2 Å². The molecule has 0 aromatic heterocycles. The minimum absolute atomic E-state index is 0.0493. The molecule has 1 fully saturated rings. The van der Waals surface area contributed by atoms with Gasteiger partial charge in [0.1, 0.15) is 30.2 Å². The SMILES string of the molecule is CC(C)C[C@H](NC(=O)[C@H](C)N)C(=O)N[C@@H](CC(N)=O)C(=O)NCC(=O)N[C@@H](CCCCN)C(=O)NCC(=O)N[C@@H](C)C(=O)N1CCC[C@H]1C(=O)O. The number of aliphatic carboxylic acids is 1. The Hall–Kier alpha value is -4.85. The highest BCUT2D eigenvalue weighted by Gasteiger charge is 2.36. The van der Waals surface area contributed by atoms with Gasteiger partial charge in [0.05, 0.1) is 25.6 Å². The largest absolute Gasteiger partial charge is 0.480 e. The second-order valence-corrected chi connectivity index (χ2v) is 12.9. The zero-order chi connectivity index (χ0) is 38.8. The van der Waals surface area contributed by atoms with Crippen molar-refractivity contribution < 1.29 is 48.3 Å². The van der Waals surface area contributed by atoms with Crippen LogP contribution < -0.4 is 49.1 Å². The molecule has 0 aromatic rings. The molecule has 1 aliphatic rings. The van der Waals surface area contributed by atoms with E-state index in [1.165, 1.54) is 18.7 Å². The molecule has 0 saturated carbocycles. The minimum Gasteiger partial charge on any atom is -0.480 e. The van der Waals surface area contributed by atoms with Crippen molar-refractivity contribution in [2.45, 2.75) is 109 Å². The maximum Gasteiger partial charge on any atom is 0.326 e. The van der Waals surface area contributed by atoms with Crippen LogP contribution in [0, 0.1) is 5.92 Å². The van der Waals surface area contributed by atoms with Crippen LogP contribution in [-0.2, 0) is 43.2 Å². The Morgan fingerprint density at radius 2 is 1.33 bits per heavy atom. The van der Waals surface area contributed by atoms with E-state index < -0.39 is 109 Å². The Morgan fingerprint density at radius 3 is 1.86 bits per heavy atom. The lowest BCUT2D eigenvalue weighted by Crippen LogP contribution is -2.57. The summed E-state index contributed by atoms with van der Waals surface area (Å²) >= 11 is 0. The van der Waals surface area contributed by atoms with Crippen LogP contribution in [0.3, 0.4) is 0 Å². The fourth-order valence-corrected chi connectivity index (χ4v) is 5.17. The lowest BCUT2D eigenvalue weighted by Gasteiger charge is -2.25. The molecule has 288 valence electrons. The number of carbonyl (C=O) groups excluding carboxylic acids is 8. The van der Waals surface area contributed by atoms with Gasteiger partial charge in [0.25, 0.3) is 0 Å². The molecule has 51 heavy (non-hydrogen) atoms. The standard InChI is InChI=1S/C31H54N10O10/c1-16(2)12-20(39-26(45)17(3)33)29(48)40-21(13-23(34)42)28(47)36-15-25(44)38-19(8-5-6-10-32)27(46)35-14-24(43)37-18(4)30(49)41-11-7-9-22(41)31(50)51/h16-22H,5-15,32-33H2,1-4H3,(H2,34,42)(H,35,46)(H,36,47)(H,37,43)(H,38,44)(H,39,45)(H,40,48)(H,50,51)/t17-,18-,19-,20-,21-,22-/m0/s1. The predicted molar refractivity (Wildman–Crippen MR) is 182 cm³/mol. The van der Waals surface area contributed by atoms with Gasteiger partial charge < -0.3 is 59.1 Å². The van der Waals surface area contributed by atoms with E-state index in [1.807, 2.05) is 0 Å². The molecule has 0 unspecified atom stereocenters. The first kappa shape index (κ1) is 44.2. The zero-order valence-corrected chi connectivity index (χ0v) is 29.6. The maximum absolute atomic E-state index is 13.0. The highest BCUT2D eigenvalue weighted by Crippen LogP contribution is 2.18. The molecule has 1 aliphatic heterocycles. The molecule has 0 bridgehead atoms. The monoisotopic (exact) mass is 726 g/mol. The number of unbranched alkanes of at least 4 members (excludes halogenated alkanes) is 1. The lowest BCUT2D eigenvalue weighted by molar-refractivity contribution is -0.149. The molecule has 20 nitrogen and oxygen atoms in total. The molecule has 0 spiro atoms. The number of nitrogens with zero attached hydrogens (tertiary/aromatic N) is 1. The van der Waals surface area contributed by atoms with Crippen molar-refractivity contribution in [3.05, 3.63) is 0 Å². The highest BCUT2D eigenvalue weighted by molar-refractivity contribution is 5.97. The number of nitrogens with one attached hydrogen (secondary N) is 6. The molecule has 13 N–H and O–H groups in total. The van der Waals surface area contributed by atoms with Gasteiger partial charge in [-0.2, -0.15) is 0 Å². The molecule has 0 radical (unpaired) electrons. The van der Waals surface area contributed by atoms with E-state index in [-0.39, 0.29) is 25.3 Å². The fourth-order valence-electron chi connectivity index (χ4n) is 5.17. The topological polar surface area (TPSA) is 327 Å². The quantitative estimate of drug-likeness (QED) is 0.0474. The van der Waals surface area contributed by atoms with E-state index >= 15 is 0 Å². The number of hydrogen-bond donors (Lipinski definition) is 10. The third kappa shape index (κ3) is 16.1. The van der Waals surface area contributed by atoms with Crippen LogP contribution in [0.2, 0.25) is 0 Å². The van der Waals surface area contributed by atoms with Crippen molar-refractivity contribution >= 4 is 53.2 Å². The summed E-state index contributed by atoms with van der Waals surface area (Å²) in [4.78, 5) is 113. The van der Waals surface area contributed by atoms with Crippen LogP contribution in [0.25, 0.3) is 0 Å². The van der Waals surface area contributed by atoms with Crippen LogP contribution in [0.15, 0.2) is 0 Å². The predicted octanol–water partition coefficient (Wildman–Crippen LogP) is -4.35. The number of carboxylic acids is 1. The number of primary amides is 1. The number of amides is 8. The number of hydrogen-bond acceptors (Lipinski definition) is 11. The van der Waals surface area contributed by atoms with E-state index in [1.54, 1.807) is 13.8 Å². The Kier molecular flexibility index (Phi) is 19.1. The van der Waals surface area contributed by atoms with Crippen LogP contribution >= 0.6 is 0 Å². The minimum atomic E-state index is -1.50. The normalized spacial score (nSPS) is 16.8. The second kappa shape index (κ2) is 22.1. The lowest BCUT2D eigenvalue weighted by atomic mass is 10.0. The van der Waals surface area contributed by atoms with Gasteiger partial charge in [0, 0.05) is 6.54 Å². The van der Waals surface area contributed by atoms with Gasteiger partial charge in [-0.25, -0.2) is 4.79 Å². The average Bonchev–Trinajstić information content (AvgIpc) is 3.54. The zero-order valence-electron chi connectivity index (χ0n) is 29.6. The number of carboxylic acid groups (broad SMARTS) is 1. The van der Waals surface area contributed by atoms with Crippen LogP contribution in [0.5, 0.6) is 0 Å². The summed E-state index contributed by atoms with van der Waals surface area (Å²) in [5.74, 6) is -7.30. The van der Waals surface area contributed by atoms with Crippen molar-refractivity contribution in [2.24, 2.45) is 23.1 Å². The summed E-state index contributed by atoms with van der Waals surface area (Å²) in [6.45, 7) is 5.76. The Morgan fingerprint density at radius 1 is 0.765 bits per heavy atom. The summed E-state index contributed by atoms with van der Waals surface area (Å²) in [5.41, 5.74) is 16.4. The molecule has 8 amide bonds. The second-order valence-electron chi connectivity index (χ2n) is 12.9. The van der Waals surface area contributed by atoms with Gasteiger partial charge in [0.2, 0.25) is 47.3 Å². The Bertz CT molecular complexity index is 1280. The van der Waals surface area contributed by atoms with E-state index in [9.17, 15) is 48.3 Å². The van der Waals surface area contributed by atoms with E-state index in [0.29, 0.717) is 32.2 Å². The summed E-state index contributed by atoms with van der Waals surface area (Å²) in [7, 11) is 0. The molecular formula is C31H54N10O10. The van der Waals surface area contributed by atoms with Crippen molar-refractivity contribution in [1.82, 2.24) is 36.8 Å². The first-order valence-electron chi connectivity index (χ1n) is 16.9. The summed E-state index contributed by atoms with van der Waals surface area (Å²) in [6.07, 6.45) is 1.44. The molecule has 0 aromatic carbocycles. The summed E-state index contributed by atoms with van der Waals surface area (Å²) in [5, 5.41) is 23.8. The van der Waals surface area contributed by atoms with E-state index in [0.717, 1.165) is 0 Å². The number of nitrogens with two attached hydrogens (primary N) is 3. The molecule has 1 rings (SSSR count). The van der Waals surface area contributed by atoms with Crippen molar-refractivity contribution in [3.63, 3.8) is 0 Å². The van der Waals surface area contributed by atoms with Crippen LogP contribution in [0.4, 0.5) is 0 Å². The van der Waals surface area contributed by atoms with Gasteiger partial charge in [0.15, 0.2) is 0 Å². The number of rotatable bonds is 22. The maximum atomic E-state index is 13.0. The third-order valence-electron chi connectivity index (χ3n) is 7.81. The number of carbonyl (C=O) groups is 9. The Balaban J connectivity index is 2.83. The van der Waals surface area contributed by atoms with Crippen molar-refractivity contribution in [3.8, 4) is 0 Å². The number of likely N-dealkylation sites (tertiary alicyclic amines) is 1. The molecule has 0 aliphatic carbocycles. The molecule has 1 heterocycles. The fraction of sp³-hybridized carbons (Fsp3) is 0.710. The van der Waals surface area contributed by atoms with E-state index in [4.69, 9.17) is 17.2 Å². The van der Waals surface area contributed by atoms with Crippen LogP contribution in [-0.4, -0.2) is 126 Å². The first-order valence-corrected chi connectivity index (χ1v) is 16.9. The summed E-state index contributed by atoms with van der Waals surface area (Å²) < 4.78 is 0. The molecule has 20 heteroatoms. The van der Waals surface area contributed by atoms with Crippen LogP contribution in [0.1, 0.15) is 72.6 Å². The Labute approximate surface area is 296 Å². The first-order chi connectivity index (χ1) is 23.9. The highest BCUT2D eigenvalue weighted by atomic mass is 16.4. The average molecular weight is 727 g/mol. The van der Waals surface area contributed by atoms with Gasteiger partial charge in [-0.15, -0.1) is 0 Å². The van der Waals surface area contributed by atoms with Gasteiger partial charge in [-0.3, -0.25) is 38.4 Å². The third-order valence-corrected chi connectivity index (χ3v) is 7.81. The van der Waals surface area contributed by atoms with E-state index in [2.05, 4.69) is 31.9 Å². The van der Waals surface area contributed by atoms with Crippen molar-refractivity contribution in [1.29, 1.82) is 0 Å². The molecule has 1 saturated heterocycles. The molecular weight excluding hydrogens is 672 g/mol. The smallest absolute Gasteiger partial charge is 0.326 e. The summed E-state index contributed by atoms with van der Waals surface area (Å²) in [6, 6.07) is -6.68. The van der Waals surface area contributed by atoms with Gasteiger partial charge in [-0.1, -0.05) is 13.8 Å². The molecule has 6 atom stereocenters. The van der Waals surface area contributed by atoms with Gasteiger partial charge in [-0.05, 0) is 64.8 Å².